The molecule has 1 aliphatic rings. The van der Waals surface area contributed by atoms with Gasteiger partial charge in [0, 0.05) is 39.3 Å². The van der Waals surface area contributed by atoms with Gasteiger partial charge < -0.3 is 15.0 Å². The standard InChI is InChI=1S/C14H28N2O2/c1-3-13-7-4-5-11-16(13)14(17)8-10-15-9-6-12-18-2/h13,15H,3-12H2,1-2H3. The van der Waals surface area contributed by atoms with E-state index in [0.717, 1.165) is 39.1 Å². The molecule has 18 heavy (non-hydrogen) atoms. The van der Waals surface area contributed by atoms with Crippen LogP contribution >= 0.6 is 0 Å². The van der Waals surface area contributed by atoms with Crippen molar-refractivity contribution in [2.75, 3.05) is 33.4 Å². The smallest absolute Gasteiger partial charge is 0.224 e. The van der Waals surface area contributed by atoms with Crippen LogP contribution in [-0.4, -0.2) is 50.2 Å². The van der Waals surface area contributed by atoms with Crippen molar-refractivity contribution in [3.8, 4) is 0 Å². The van der Waals surface area contributed by atoms with E-state index in [1.54, 1.807) is 7.11 Å². The third-order valence-corrected chi connectivity index (χ3v) is 3.64. The molecule has 4 nitrogen and oxygen atoms in total. The summed E-state index contributed by atoms with van der Waals surface area (Å²) in [5.74, 6) is 0.320. The van der Waals surface area contributed by atoms with Crippen LogP contribution in [-0.2, 0) is 9.53 Å². The van der Waals surface area contributed by atoms with Gasteiger partial charge in [0.1, 0.15) is 0 Å². The van der Waals surface area contributed by atoms with Crippen LogP contribution < -0.4 is 5.32 Å². The minimum absolute atomic E-state index is 0.320. The number of methoxy groups -OCH3 is 1. The lowest BCUT2D eigenvalue weighted by molar-refractivity contribution is -0.134. The Morgan fingerprint density at radius 2 is 2.22 bits per heavy atom. The lowest BCUT2D eigenvalue weighted by Crippen LogP contribution is -2.44. The second-order valence-corrected chi connectivity index (χ2v) is 4.99. The number of rotatable bonds is 8. The first kappa shape index (κ1) is 15.4. The van der Waals surface area contributed by atoms with Crippen molar-refractivity contribution < 1.29 is 9.53 Å². The van der Waals surface area contributed by atoms with E-state index in [4.69, 9.17) is 4.74 Å². The van der Waals surface area contributed by atoms with Crippen molar-refractivity contribution in [1.82, 2.24) is 10.2 Å². The fourth-order valence-electron chi connectivity index (χ4n) is 2.56. The summed E-state index contributed by atoms with van der Waals surface area (Å²) in [4.78, 5) is 14.2. The SMILES string of the molecule is CCC1CCCCN1C(=O)CCNCCCOC. The topological polar surface area (TPSA) is 41.6 Å². The van der Waals surface area contributed by atoms with E-state index in [2.05, 4.69) is 17.1 Å². The molecule has 1 unspecified atom stereocenters. The van der Waals surface area contributed by atoms with Gasteiger partial charge >= 0.3 is 0 Å². The lowest BCUT2D eigenvalue weighted by Gasteiger charge is -2.35. The van der Waals surface area contributed by atoms with Crippen molar-refractivity contribution in [2.45, 2.75) is 51.5 Å². The van der Waals surface area contributed by atoms with Gasteiger partial charge in [-0.2, -0.15) is 0 Å². The van der Waals surface area contributed by atoms with Gasteiger partial charge in [-0.3, -0.25) is 4.79 Å². The first-order valence-electron chi connectivity index (χ1n) is 7.28. The minimum atomic E-state index is 0.320. The van der Waals surface area contributed by atoms with Crippen molar-refractivity contribution in [3.05, 3.63) is 0 Å². The zero-order valence-corrected chi connectivity index (χ0v) is 11.9. The van der Waals surface area contributed by atoms with Crippen LogP contribution in [0.2, 0.25) is 0 Å². The Balaban J connectivity index is 2.14. The summed E-state index contributed by atoms with van der Waals surface area (Å²) in [5, 5.41) is 3.30. The van der Waals surface area contributed by atoms with Crippen molar-refractivity contribution in [2.24, 2.45) is 0 Å². The van der Waals surface area contributed by atoms with Crippen molar-refractivity contribution in [3.63, 3.8) is 0 Å². The Morgan fingerprint density at radius 3 is 2.94 bits per heavy atom. The van der Waals surface area contributed by atoms with E-state index >= 15 is 0 Å². The van der Waals surface area contributed by atoms with Crippen LogP contribution in [0.5, 0.6) is 0 Å². The van der Waals surface area contributed by atoms with Gasteiger partial charge in [-0.25, -0.2) is 0 Å². The fraction of sp³-hybridized carbons (Fsp3) is 0.929. The molecule has 0 bridgehead atoms. The van der Waals surface area contributed by atoms with E-state index in [1.807, 2.05) is 0 Å². The zero-order valence-electron chi connectivity index (χ0n) is 11.9. The molecule has 1 rings (SSSR count). The molecule has 0 aliphatic carbocycles. The maximum atomic E-state index is 12.1. The van der Waals surface area contributed by atoms with E-state index in [9.17, 15) is 4.79 Å². The number of hydrogen-bond acceptors (Lipinski definition) is 3. The third kappa shape index (κ3) is 5.36. The van der Waals surface area contributed by atoms with E-state index in [0.29, 0.717) is 18.4 Å². The molecule has 1 aliphatic heterocycles. The summed E-state index contributed by atoms with van der Waals surface area (Å²) >= 11 is 0. The molecule has 4 heteroatoms. The van der Waals surface area contributed by atoms with Gasteiger partial charge in [0.15, 0.2) is 0 Å². The predicted octanol–water partition coefficient (Wildman–Crippen LogP) is 1.79. The molecule has 1 N–H and O–H groups in total. The second-order valence-electron chi connectivity index (χ2n) is 4.99. The normalized spacial score (nSPS) is 20.1. The van der Waals surface area contributed by atoms with Gasteiger partial charge in [-0.05, 0) is 38.6 Å². The second kappa shape index (κ2) is 9.34. The Morgan fingerprint density at radius 1 is 1.39 bits per heavy atom. The minimum Gasteiger partial charge on any atom is -0.385 e. The quantitative estimate of drug-likeness (QED) is 0.673. The predicted molar refractivity (Wildman–Crippen MR) is 73.6 cm³/mol. The van der Waals surface area contributed by atoms with E-state index in [-0.39, 0.29) is 0 Å². The summed E-state index contributed by atoms with van der Waals surface area (Å²) in [7, 11) is 1.71. The van der Waals surface area contributed by atoms with Gasteiger partial charge in [0.2, 0.25) is 5.91 Å². The number of carbonyl (C=O) groups is 1. The number of hydrogen-bond donors (Lipinski definition) is 1. The molecule has 0 saturated carbocycles. The zero-order chi connectivity index (χ0) is 13.2. The fourth-order valence-corrected chi connectivity index (χ4v) is 2.56. The Hall–Kier alpha value is -0.610. The maximum Gasteiger partial charge on any atom is 0.224 e. The third-order valence-electron chi connectivity index (χ3n) is 3.64. The molecule has 0 spiro atoms. The van der Waals surface area contributed by atoms with Crippen LogP contribution in [0.25, 0.3) is 0 Å². The Labute approximate surface area is 111 Å². The molecule has 0 radical (unpaired) electrons. The average Bonchev–Trinajstić information content (AvgIpc) is 2.42. The average molecular weight is 256 g/mol. The number of ether oxygens (including phenoxy) is 1. The lowest BCUT2D eigenvalue weighted by atomic mass is 9.99. The molecule has 1 atom stereocenters. The van der Waals surface area contributed by atoms with E-state index in [1.165, 1.54) is 19.3 Å². The molecular formula is C14H28N2O2. The number of amides is 1. The largest absolute Gasteiger partial charge is 0.385 e. The number of nitrogens with zero attached hydrogens (tertiary/aromatic N) is 1. The highest BCUT2D eigenvalue weighted by molar-refractivity contribution is 5.76. The molecular weight excluding hydrogens is 228 g/mol. The van der Waals surface area contributed by atoms with Gasteiger partial charge in [0.25, 0.3) is 0 Å². The highest BCUT2D eigenvalue weighted by Crippen LogP contribution is 2.19. The number of nitrogens with one attached hydrogen (secondary N) is 1. The molecule has 1 heterocycles. The molecule has 1 fully saturated rings. The molecule has 1 amide bonds. The van der Waals surface area contributed by atoms with Crippen LogP contribution in [0.4, 0.5) is 0 Å². The summed E-state index contributed by atoms with van der Waals surface area (Å²) < 4.78 is 4.98. The van der Waals surface area contributed by atoms with Crippen molar-refractivity contribution in [1.29, 1.82) is 0 Å². The number of likely N-dealkylation sites (tertiary alicyclic amines) is 1. The highest BCUT2D eigenvalue weighted by atomic mass is 16.5. The van der Waals surface area contributed by atoms with Crippen LogP contribution in [0, 0.1) is 0 Å². The number of piperidine rings is 1. The monoisotopic (exact) mass is 256 g/mol. The van der Waals surface area contributed by atoms with Crippen LogP contribution in [0.1, 0.15) is 45.4 Å². The first-order chi connectivity index (χ1) is 8.79. The van der Waals surface area contributed by atoms with Gasteiger partial charge in [0.05, 0.1) is 0 Å². The molecule has 0 aromatic rings. The first-order valence-corrected chi connectivity index (χ1v) is 7.28. The van der Waals surface area contributed by atoms with Crippen molar-refractivity contribution >= 4 is 5.91 Å². The molecule has 0 aromatic carbocycles. The van der Waals surface area contributed by atoms with Gasteiger partial charge in [-0.15, -0.1) is 0 Å². The maximum absolute atomic E-state index is 12.1. The molecule has 0 aromatic heterocycles. The Bertz CT molecular complexity index is 234. The highest BCUT2D eigenvalue weighted by Gasteiger charge is 2.24. The van der Waals surface area contributed by atoms with E-state index < -0.39 is 0 Å². The molecule has 1 saturated heterocycles. The summed E-state index contributed by atoms with van der Waals surface area (Å²) in [6, 6.07) is 0.486. The summed E-state index contributed by atoms with van der Waals surface area (Å²) in [6.07, 6.45) is 6.35. The van der Waals surface area contributed by atoms with Gasteiger partial charge in [-0.1, -0.05) is 6.92 Å². The summed E-state index contributed by atoms with van der Waals surface area (Å²) in [6.45, 7) is 5.64. The Kier molecular flexibility index (Phi) is 8.01. The molecule has 106 valence electrons. The summed E-state index contributed by atoms with van der Waals surface area (Å²) in [5.41, 5.74) is 0. The van der Waals surface area contributed by atoms with Crippen LogP contribution in [0.15, 0.2) is 0 Å². The number of carbonyl (C=O) groups excluding carboxylic acids is 1. The van der Waals surface area contributed by atoms with Crippen LogP contribution in [0.3, 0.4) is 0 Å².